The minimum absolute atomic E-state index is 0.577. The van der Waals surface area contributed by atoms with Crippen molar-refractivity contribution in [2.75, 3.05) is 26.7 Å². The van der Waals surface area contributed by atoms with Crippen LogP contribution in [0.4, 0.5) is 0 Å². The molecule has 1 atom stereocenters. The van der Waals surface area contributed by atoms with Crippen LogP contribution in [0.25, 0.3) is 0 Å². The fourth-order valence-electron chi connectivity index (χ4n) is 2.77. The number of ether oxygens (including phenoxy) is 1. The van der Waals surface area contributed by atoms with E-state index in [1.54, 1.807) is 19.2 Å². The standard InChI is InChI=1S/C19H32ClNO2/c1-4-6-8-12-21(13-9-7-5-2)15-18(22)17-14-16(20)10-11-19(17)23-3/h10-11,14,18,22H,4-9,12-13,15H2,1-3H3. The number of methoxy groups -OCH3 is 1. The van der Waals surface area contributed by atoms with Gasteiger partial charge in [0, 0.05) is 17.1 Å². The Kier molecular flexibility index (Phi) is 10.3. The molecule has 0 aliphatic carbocycles. The van der Waals surface area contributed by atoms with Crippen LogP contribution in [0, 0.1) is 0 Å². The van der Waals surface area contributed by atoms with E-state index in [0.717, 1.165) is 18.7 Å². The first-order valence-corrected chi connectivity index (χ1v) is 9.24. The van der Waals surface area contributed by atoms with Crippen molar-refractivity contribution in [3.8, 4) is 5.75 Å². The molecule has 0 aromatic heterocycles. The molecule has 132 valence electrons. The van der Waals surface area contributed by atoms with Crippen molar-refractivity contribution >= 4 is 11.6 Å². The van der Waals surface area contributed by atoms with Crippen LogP contribution >= 0.6 is 11.6 Å². The van der Waals surface area contributed by atoms with Crippen molar-refractivity contribution in [2.24, 2.45) is 0 Å². The quantitative estimate of drug-likeness (QED) is 0.539. The zero-order chi connectivity index (χ0) is 17.1. The van der Waals surface area contributed by atoms with Crippen molar-refractivity contribution in [3.63, 3.8) is 0 Å². The number of aliphatic hydroxyl groups is 1. The van der Waals surface area contributed by atoms with Gasteiger partial charge in [-0.3, -0.25) is 0 Å². The predicted octanol–water partition coefficient (Wildman–Crippen LogP) is 5.06. The zero-order valence-electron chi connectivity index (χ0n) is 14.9. The topological polar surface area (TPSA) is 32.7 Å². The molecule has 1 unspecified atom stereocenters. The van der Waals surface area contributed by atoms with Gasteiger partial charge in [0.05, 0.1) is 13.2 Å². The van der Waals surface area contributed by atoms with Gasteiger partial charge in [-0.2, -0.15) is 0 Å². The monoisotopic (exact) mass is 341 g/mol. The summed E-state index contributed by atoms with van der Waals surface area (Å²) in [7, 11) is 1.62. The predicted molar refractivity (Wildman–Crippen MR) is 98.5 cm³/mol. The molecule has 0 aliphatic heterocycles. The highest BCUT2D eigenvalue weighted by molar-refractivity contribution is 6.30. The lowest BCUT2D eigenvalue weighted by atomic mass is 10.1. The molecule has 0 saturated heterocycles. The second-order valence-electron chi connectivity index (χ2n) is 6.12. The van der Waals surface area contributed by atoms with Gasteiger partial charge < -0.3 is 14.7 Å². The Labute approximate surface area is 146 Å². The third-order valence-electron chi connectivity index (χ3n) is 4.14. The van der Waals surface area contributed by atoms with Crippen LogP contribution in [0.3, 0.4) is 0 Å². The number of rotatable bonds is 12. The second kappa shape index (κ2) is 11.7. The average molecular weight is 342 g/mol. The number of unbranched alkanes of at least 4 members (excludes halogenated alkanes) is 4. The fourth-order valence-corrected chi connectivity index (χ4v) is 2.95. The maximum absolute atomic E-state index is 10.7. The molecule has 0 radical (unpaired) electrons. The number of nitrogens with zero attached hydrogens (tertiary/aromatic N) is 1. The summed E-state index contributed by atoms with van der Waals surface area (Å²) >= 11 is 6.08. The first-order valence-electron chi connectivity index (χ1n) is 8.86. The number of aliphatic hydroxyl groups excluding tert-OH is 1. The SMILES string of the molecule is CCCCCN(CCCCC)CC(O)c1cc(Cl)ccc1OC. The number of hydrogen-bond acceptors (Lipinski definition) is 3. The summed E-state index contributed by atoms with van der Waals surface area (Å²) in [5.41, 5.74) is 0.774. The lowest BCUT2D eigenvalue weighted by molar-refractivity contribution is 0.108. The molecule has 0 saturated carbocycles. The lowest BCUT2D eigenvalue weighted by Crippen LogP contribution is -2.31. The number of halogens is 1. The van der Waals surface area contributed by atoms with Crippen molar-refractivity contribution < 1.29 is 9.84 Å². The van der Waals surface area contributed by atoms with Gasteiger partial charge in [-0.25, -0.2) is 0 Å². The van der Waals surface area contributed by atoms with Crippen LogP contribution in [-0.2, 0) is 0 Å². The molecule has 0 fully saturated rings. The van der Waals surface area contributed by atoms with Crippen molar-refractivity contribution in [3.05, 3.63) is 28.8 Å². The summed E-state index contributed by atoms with van der Waals surface area (Å²) in [5, 5.41) is 11.3. The van der Waals surface area contributed by atoms with E-state index in [-0.39, 0.29) is 0 Å². The molecule has 1 aromatic rings. The van der Waals surface area contributed by atoms with E-state index in [4.69, 9.17) is 16.3 Å². The number of hydrogen-bond donors (Lipinski definition) is 1. The van der Waals surface area contributed by atoms with Gasteiger partial charge in [-0.1, -0.05) is 51.1 Å². The maximum Gasteiger partial charge on any atom is 0.124 e. The molecular weight excluding hydrogens is 310 g/mol. The Balaban J connectivity index is 2.70. The molecule has 1 N–H and O–H groups in total. The summed E-state index contributed by atoms with van der Waals surface area (Å²) in [4.78, 5) is 2.37. The highest BCUT2D eigenvalue weighted by atomic mass is 35.5. The Bertz CT molecular complexity index is 429. The summed E-state index contributed by atoms with van der Waals surface area (Å²) in [6.07, 6.45) is 6.69. The highest BCUT2D eigenvalue weighted by Gasteiger charge is 2.17. The Morgan fingerprint density at radius 3 is 2.22 bits per heavy atom. The van der Waals surface area contributed by atoms with Gasteiger partial charge >= 0.3 is 0 Å². The molecule has 0 spiro atoms. The van der Waals surface area contributed by atoms with Gasteiger partial charge in [0.1, 0.15) is 5.75 Å². The molecule has 0 heterocycles. The van der Waals surface area contributed by atoms with Gasteiger partial charge in [-0.15, -0.1) is 0 Å². The molecule has 1 aromatic carbocycles. The molecule has 0 bridgehead atoms. The van der Waals surface area contributed by atoms with E-state index >= 15 is 0 Å². The van der Waals surface area contributed by atoms with Crippen LogP contribution in [0.5, 0.6) is 5.75 Å². The van der Waals surface area contributed by atoms with Crippen LogP contribution in [-0.4, -0.2) is 36.8 Å². The van der Waals surface area contributed by atoms with Crippen LogP contribution < -0.4 is 4.74 Å². The third-order valence-corrected chi connectivity index (χ3v) is 4.37. The smallest absolute Gasteiger partial charge is 0.124 e. The minimum Gasteiger partial charge on any atom is -0.496 e. The van der Waals surface area contributed by atoms with Crippen molar-refractivity contribution in [1.29, 1.82) is 0 Å². The molecule has 0 amide bonds. The average Bonchev–Trinajstić information content (AvgIpc) is 2.55. The van der Waals surface area contributed by atoms with E-state index < -0.39 is 6.10 Å². The highest BCUT2D eigenvalue weighted by Crippen LogP contribution is 2.29. The molecule has 4 heteroatoms. The largest absolute Gasteiger partial charge is 0.496 e. The summed E-state index contributed by atoms with van der Waals surface area (Å²) in [6, 6.07) is 5.41. The van der Waals surface area contributed by atoms with Crippen molar-refractivity contribution in [1.82, 2.24) is 4.90 Å². The Morgan fingerprint density at radius 1 is 1.09 bits per heavy atom. The first-order chi connectivity index (χ1) is 11.1. The van der Waals surface area contributed by atoms with Crippen LogP contribution in [0.2, 0.25) is 5.02 Å². The van der Waals surface area contributed by atoms with E-state index in [0.29, 0.717) is 17.3 Å². The summed E-state index contributed by atoms with van der Waals surface area (Å²) < 4.78 is 5.36. The summed E-state index contributed by atoms with van der Waals surface area (Å²) in [6.45, 7) is 7.14. The van der Waals surface area contributed by atoms with Gasteiger partial charge in [0.2, 0.25) is 0 Å². The Hall–Kier alpha value is -0.770. The van der Waals surface area contributed by atoms with E-state index in [9.17, 15) is 5.11 Å². The fraction of sp³-hybridized carbons (Fsp3) is 0.684. The van der Waals surface area contributed by atoms with E-state index in [1.165, 1.54) is 38.5 Å². The Morgan fingerprint density at radius 2 is 1.70 bits per heavy atom. The van der Waals surface area contributed by atoms with Gasteiger partial charge in [0.15, 0.2) is 0 Å². The maximum atomic E-state index is 10.7. The van der Waals surface area contributed by atoms with E-state index in [1.807, 2.05) is 6.07 Å². The molecule has 3 nitrogen and oxygen atoms in total. The number of benzene rings is 1. The third kappa shape index (κ3) is 7.56. The zero-order valence-corrected chi connectivity index (χ0v) is 15.6. The minimum atomic E-state index is -0.577. The van der Waals surface area contributed by atoms with Crippen LogP contribution in [0.1, 0.15) is 64.0 Å². The first kappa shape index (κ1) is 20.3. The molecular formula is C19H32ClNO2. The normalized spacial score (nSPS) is 12.6. The van der Waals surface area contributed by atoms with Crippen LogP contribution in [0.15, 0.2) is 18.2 Å². The van der Waals surface area contributed by atoms with Gasteiger partial charge in [-0.05, 0) is 44.1 Å². The summed E-state index contributed by atoms with van der Waals surface area (Å²) in [5.74, 6) is 0.698. The molecule has 1 rings (SSSR count). The molecule has 0 aliphatic rings. The van der Waals surface area contributed by atoms with E-state index in [2.05, 4.69) is 18.7 Å². The van der Waals surface area contributed by atoms with Gasteiger partial charge in [0.25, 0.3) is 0 Å². The van der Waals surface area contributed by atoms with Crippen molar-refractivity contribution in [2.45, 2.75) is 58.5 Å². The lowest BCUT2D eigenvalue weighted by Gasteiger charge is -2.26. The molecule has 23 heavy (non-hydrogen) atoms. The second-order valence-corrected chi connectivity index (χ2v) is 6.55.